The Labute approximate surface area is 116 Å². The summed E-state index contributed by atoms with van der Waals surface area (Å²) in [5, 5.41) is 0. The van der Waals surface area contributed by atoms with Crippen molar-refractivity contribution in [1.29, 1.82) is 0 Å². The summed E-state index contributed by atoms with van der Waals surface area (Å²) in [7, 11) is 0. The van der Waals surface area contributed by atoms with Crippen molar-refractivity contribution in [1.82, 2.24) is 0 Å². The molecule has 0 unspecified atom stereocenters. The van der Waals surface area contributed by atoms with Gasteiger partial charge in [-0.1, -0.05) is 55.8 Å². The maximum Gasteiger partial charge on any atom is 0.0178 e. The summed E-state index contributed by atoms with van der Waals surface area (Å²) < 4.78 is 0. The fraction of sp³-hybridized carbons (Fsp3) is 0.333. The van der Waals surface area contributed by atoms with E-state index in [9.17, 15) is 0 Å². The Morgan fingerprint density at radius 1 is 0.947 bits per heavy atom. The van der Waals surface area contributed by atoms with E-state index >= 15 is 0 Å². The zero-order valence-electron chi connectivity index (χ0n) is 11.9. The molecule has 0 fully saturated rings. The molecule has 2 N–H and O–H groups in total. The average Bonchev–Trinajstić information content (AvgIpc) is 2.45. The average molecular weight is 253 g/mol. The van der Waals surface area contributed by atoms with Gasteiger partial charge in [-0.3, -0.25) is 0 Å². The molecule has 0 aromatic heterocycles. The summed E-state index contributed by atoms with van der Waals surface area (Å²) >= 11 is 0. The minimum Gasteiger partial charge on any atom is -0.326 e. The molecule has 100 valence electrons. The van der Waals surface area contributed by atoms with Crippen LogP contribution in [0.15, 0.2) is 42.5 Å². The quantitative estimate of drug-likeness (QED) is 0.836. The van der Waals surface area contributed by atoms with E-state index in [4.69, 9.17) is 5.73 Å². The second-order valence-corrected chi connectivity index (χ2v) is 5.15. The molecule has 0 atom stereocenters. The standard InChI is InChI=1S/C18H23N/c1-3-4-5-15-6-9-17(10-7-15)18-11-8-16(13-19)12-14(18)2/h6-12H,3-5,13,19H2,1-2H3. The van der Waals surface area contributed by atoms with E-state index in [1.165, 1.54) is 47.1 Å². The Kier molecular flexibility index (Phi) is 4.75. The molecule has 0 aliphatic heterocycles. The highest BCUT2D eigenvalue weighted by Crippen LogP contribution is 2.25. The van der Waals surface area contributed by atoms with Crippen LogP contribution in [0.1, 0.15) is 36.5 Å². The van der Waals surface area contributed by atoms with Crippen molar-refractivity contribution >= 4 is 0 Å². The molecule has 0 spiro atoms. The van der Waals surface area contributed by atoms with Crippen molar-refractivity contribution in [2.45, 2.75) is 39.7 Å². The van der Waals surface area contributed by atoms with Gasteiger partial charge in [-0.25, -0.2) is 0 Å². The van der Waals surface area contributed by atoms with Crippen LogP contribution in [0.3, 0.4) is 0 Å². The molecule has 0 heterocycles. The maximum absolute atomic E-state index is 5.67. The lowest BCUT2D eigenvalue weighted by atomic mass is 9.97. The molecule has 1 heteroatoms. The molecule has 0 aliphatic carbocycles. The molecule has 2 aromatic rings. The Hall–Kier alpha value is -1.60. The largest absolute Gasteiger partial charge is 0.326 e. The zero-order valence-corrected chi connectivity index (χ0v) is 11.9. The first-order valence-corrected chi connectivity index (χ1v) is 7.13. The summed E-state index contributed by atoms with van der Waals surface area (Å²) in [5.41, 5.74) is 12.2. The summed E-state index contributed by atoms with van der Waals surface area (Å²) in [5.74, 6) is 0. The normalized spacial score (nSPS) is 10.7. The van der Waals surface area contributed by atoms with Crippen LogP contribution in [0.2, 0.25) is 0 Å². The van der Waals surface area contributed by atoms with Gasteiger partial charge in [0.15, 0.2) is 0 Å². The molecular formula is C18H23N. The van der Waals surface area contributed by atoms with Crippen molar-refractivity contribution < 1.29 is 0 Å². The Morgan fingerprint density at radius 3 is 2.21 bits per heavy atom. The van der Waals surface area contributed by atoms with Crippen LogP contribution < -0.4 is 5.73 Å². The molecule has 1 nitrogen and oxygen atoms in total. The van der Waals surface area contributed by atoms with E-state index in [-0.39, 0.29) is 0 Å². The third-order valence-corrected chi connectivity index (χ3v) is 3.61. The number of hydrogen-bond acceptors (Lipinski definition) is 1. The molecule has 0 saturated heterocycles. The van der Waals surface area contributed by atoms with Gasteiger partial charge < -0.3 is 5.73 Å². The van der Waals surface area contributed by atoms with Crippen LogP contribution in [-0.4, -0.2) is 0 Å². The Morgan fingerprint density at radius 2 is 1.63 bits per heavy atom. The number of hydrogen-bond donors (Lipinski definition) is 1. The van der Waals surface area contributed by atoms with Crippen molar-refractivity contribution in [3.8, 4) is 11.1 Å². The van der Waals surface area contributed by atoms with E-state index < -0.39 is 0 Å². The van der Waals surface area contributed by atoms with Crippen molar-refractivity contribution in [3.63, 3.8) is 0 Å². The summed E-state index contributed by atoms with van der Waals surface area (Å²) in [6.45, 7) is 4.99. The lowest BCUT2D eigenvalue weighted by Gasteiger charge is -2.09. The minimum absolute atomic E-state index is 0.608. The van der Waals surface area contributed by atoms with Crippen molar-refractivity contribution in [2.75, 3.05) is 0 Å². The molecule has 0 saturated carbocycles. The number of aryl methyl sites for hydroxylation is 2. The topological polar surface area (TPSA) is 26.0 Å². The first-order valence-electron chi connectivity index (χ1n) is 7.13. The zero-order chi connectivity index (χ0) is 13.7. The fourth-order valence-electron chi connectivity index (χ4n) is 2.41. The van der Waals surface area contributed by atoms with Crippen LogP contribution in [0.25, 0.3) is 11.1 Å². The van der Waals surface area contributed by atoms with E-state index in [1.807, 2.05) is 0 Å². The van der Waals surface area contributed by atoms with Crippen LogP contribution >= 0.6 is 0 Å². The van der Waals surface area contributed by atoms with E-state index in [2.05, 4.69) is 56.3 Å². The summed E-state index contributed by atoms with van der Waals surface area (Å²) in [6.07, 6.45) is 3.70. The number of nitrogens with two attached hydrogens (primary N) is 1. The highest BCUT2D eigenvalue weighted by Gasteiger charge is 2.03. The Balaban J connectivity index is 2.22. The maximum atomic E-state index is 5.67. The fourth-order valence-corrected chi connectivity index (χ4v) is 2.41. The molecule has 19 heavy (non-hydrogen) atoms. The van der Waals surface area contributed by atoms with E-state index in [1.54, 1.807) is 0 Å². The number of unbranched alkanes of at least 4 members (excludes halogenated alkanes) is 1. The molecule has 2 aromatic carbocycles. The predicted molar refractivity (Wildman–Crippen MR) is 83.1 cm³/mol. The van der Waals surface area contributed by atoms with Crippen LogP contribution in [-0.2, 0) is 13.0 Å². The van der Waals surface area contributed by atoms with Gasteiger partial charge in [-0.2, -0.15) is 0 Å². The first kappa shape index (κ1) is 13.8. The Bertz CT molecular complexity index is 526. The monoisotopic (exact) mass is 253 g/mol. The summed E-state index contributed by atoms with van der Waals surface area (Å²) in [4.78, 5) is 0. The number of rotatable bonds is 5. The SMILES string of the molecule is CCCCc1ccc(-c2ccc(CN)cc2C)cc1. The molecule has 0 aliphatic rings. The second kappa shape index (κ2) is 6.53. The molecular weight excluding hydrogens is 230 g/mol. The van der Waals surface area contributed by atoms with E-state index in [0.29, 0.717) is 6.54 Å². The van der Waals surface area contributed by atoms with Gasteiger partial charge in [-0.15, -0.1) is 0 Å². The van der Waals surface area contributed by atoms with Crippen LogP contribution in [0.5, 0.6) is 0 Å². The third-order valence-electron chi connectivity index (χ3n) is 3.61. The molecule has 0 bridgehead atoms. The molecule has 2 rings (SSSR count). The molecule has 0 amide bonds. The first-order chi connectivity index (χ1) is 9.24. The lowest BCUT2D eigenvalue weighted by molar-refractivity contribution is 0.795. The lowest BCUT2D eigenvalue weighted by Crippen LogP contribution is -1.97. The van der Waals surface area contributed by atoms with Gasteiger partial charge in [0.25, 0.3) is 0 Å². The van der Waals surface area contributed by atoms with Crippen molar-refractivity contribution in [3.05, 3.63) is 59.2 Å². The number of benzene rings is 2. The van der Waals surface area contributed by atoms with Gasteiger partial charge in [-0.05, 0) is 47.6 Å². The van der Waals surface area contributed by atoms with Gasteiger partial charge in [0.1, 0.15) is 0 Å². The van der Waals surface area contributed by atoms with Crippen LogP contribution in [0, 0.1) is 6.92 Å². The van der Waals surface area contributed by atoms with Gasteiger partial charge in [0.2, 0.25) is 0 Å². The smallest absolute Gasteiger partial charge is 0.0178 e. The summed E-state index contributed by atoms with van der Waals surface area (Å²) in [6, 6.07) is 15.4. The third kappa shape index (κ3) is 3.45. The highest BCUT2D eigenvalue weighted by atomic mass is 14.5. The van der Waals surface area contributed by atoms with Gasteiger partial charge in [0, 0.05) is 6.54 Å². The van der Waals surface area contributed by atoms with E-state index in [0.717, 1.165) is 0 Å². The van der Waals surface area contributed by atoms with Crippen molar-refractivity contribution in [2.24, 2.45) is 5.73 Å². The highest BCUT2D eigenvalue weighted by molar-refractivity contribution is 5.67. The van der Waals surface area contributed by atoms with Gasteiger partial charge >= 0.3 is 0 Å². The van der Waals surface area contributed by atoms with Gasteiger partial charge in [0.05, 0.1) is 0 Å². The predicted octanol–water partition coefficient (Wildman–Crippen LogP) is 4.46. The molecule has 0 radical (unpaired) electrons. The van der Waals surface area contributed by atoms with Crippen LogP contribution in [0.4, 0.5) is 0 Å². The minimum atomic E-state index is 0.608. The second-order valence-electron chi connectivity index (χ2n) is 5.15.